The quantitative estimate of drug-likeness (QED) is 0.809. The van der Waals surface area contributed by atoms with Gasteiger partial charge in [0.15, 0.2) is 0 Å². The predicted octanol–water partition coefficient (Wildman–Crippen LogP) is 1.19. The molecule has 5 heteroatoms. The molecule has 1 saturated carbocycles. The zero-order chi connectivity index (χ0) is 11.5. The van der Waals surface area contributed by atoms with E-state index in [4.69, 9.17) is 4.74 Å². The van der Waals surface area contributed by atoms with Crippen molar-refractivity contribution in [1.82, 2.24) is 10.2 Å². The van der Waals surface area contributed by atoms with Crippen LogP contribution in [0, 0.1) is 0 Å². The zero-order valence-electron chi connectivity index (χ0n) is 10.6. The van der Waals surface area contributed by atoms with Gasteiger partial charge in [0.2, 0.25) is 0 Å². The molecule has 0 aromatic carbocycles. The van der Waals surface area contributed by atoms with Crippen molar-refractivity contribution in [3.8, 4) is 0 Å². The Morgan fingerprint density at radius 2 is 2.18 bits per heavy atom. The highest BCUT2D eigenvalue weighted by molar-refractivity contribution is 5.85. The van der Waals surface area contributed by atoms with Crippen LogP contribution < -0.4 is 5.32 Å². The van der Waals surface area contributed by atoms with Crippen molar-refractivity contribution >= 4 is 18.3 Å². The highest BCUT2D eigenvalue weighted by atomic mass is 35.5. The number of hydrogen-bond acceptors (Lipinski definition) is 3. The van der Waals surface area contributed by atoms with Gasteiger partial charge in [-0.25, -0.2) is 0 Å². The predicted molar refractivity (Wildman–Crippen MR) is 69.5 cm³/mol. The number of halogens is 1. The molecule has 0 spiro atoms. The van der Waals surface area contributed by atoms with Crippen molar-refractivity contribution in [2.75, 3.05) is 20.2 Å². The summed E-state index contributed by atoms with van der Waals surface area (Å²) < 4.78 is 5.12. The number of carbonyl (C=O) groups excluding carboxylic acids is 1. The maximum atomic E-state index is 12.1. The van der Waals surface area contributed by atoms with Crippen molar-refractivity contribution in [3.63, 3.8) is 0 Å². The largest absolute Gasteiger partial charge is 0.372 e. The van der Waals surface area contributed by atoms with Crippen molar-refractivity contribution in [1.29, 1.82) is 0 Å². The van der Waals surface area contributed by atoms with Crippen LogP contribution in [0.15, 0.2) is 0 Å². The van der Waals surface area contributed by atoms with Gasteiger partial charge in [0.05, 0.1) is 0 Å². The van der Waals surface area contributed by atoms with Gasteiger partial charge in [-0.15, -0.1) is 12.4 Å². The van der Waals surface area contributed by atoms with Gasteiger partial charge in [-0.2, -0.15) is 0 Å². The molecular weight excluding hydrogens is 240 g/mol. The second-order valence-corrected chi connectivity index (χ2v) is 4.89. The van der Waals surface area contributed by atoms with E-state index in [-0.39, 0.29) is 24.4 Å². The molecule has 2 unspecified atom stereocenters. The lowest BCUT2D eigenvalue weighted by atomic mass is 10.2. The molecule has 2 atom stereocenters. The Morgan fingerprint density at radius 1 is 1.47 bits per heavy atom. The van der Waals surface area contributed by atoms with Crippen molar-refractivity contribution in [2.45, 2.75) is 50.8 Å². The van der Waals surface area contributed by atoms with E-state index in [9.17, 15) is 4.79 Å². The second kappa shape index (κ2) is 6.57. The molecule has 0 aromatic heterocycles. The van der Waals surface area contributed by atoms with Crippen LogP contribution >= 0.6 is 12.4 Å². The first-order chi connectivity index (χ1) is 7.72. The van der Waals surface area contributed by atoms with Crippen LogP contribution in [0.5, 0.6) is 0 Å². The summed E-state index contributed by atoms with van der Waals surface area (Å²) in [7, 11) is 1.60. The maximum Gasteiger partial charge on any atom is 0.251 e. The lowest BCUT2D eigenvalue weighted by Gasteiger charge is -2.28. The van der Waals surface area contributed by atoms with Gasteiger partial charge in [0.1, 0.15) is 6.10 Å². The second-order valence-electron chi connectivity index (χ2n) is 4.89. The van der Waals surface area contributed by atoms with Crippen LogP contribution in [-0.2, 0) is 9.53 Å². The number of amides is 1. The average molecular weight is 263 g/mol. The maximum absolute atomic E-state index is 12.1. The Kier molecular flexibility index (Phi) is 5.70. The minimum Gasteiger partial charge on any atom is -0.372 e. The smallest absolute Gasteiger partial charge is 0.251 e. The van der Waals surface area contributed by atoms with Gasteiger partial charge in [0, 0.05) is 25.7 Å². The molecule has 2 aliphatic rings. The summed E-state index contributed by atoms with van der Waals surface area (Å²) in [6.07, 6.45) is 4.45. The normalized spacial score (nSPS) is 25.2. The summed E-state index contributed by atoms with van der Waals surface area (Å²) >= 11 is 0. The molecule has 2 fully saturated rings. The topological polar surface area (TPSA) is 41.6 Å². The van der Waals surface area contributed by atoms with Crippen LogP contribution in [0.3, 0.4) is 0 Å². The van der Waals surface area contributed by atoms with E-state index in [0.29, 0.717) is 12.1 Å². The van der Waals surface area contributed by atoms with E-state index in [1.807, 2.05) is 11.8 Å². The number of nitrogens with one attached hydrogen (secondary N) is 1. The summed E-state index contributed by atoms with van der Waals surface area (Å²) in [5, 5.41) is 3.45. The summed E-state index contributed by atoms with van der Waals surface area (Å²) in [6, 6.07) is 0.973. The van der Waals surface area contributed by atoms with Gasteiger partial charge < -0.3 is 15.0 Å². The first-order valence-corrected chi connectivity index (χ1v) is 6.29. The first kappa shape index (κ1) is 14.7. The lowest BCUT2D eigenvalue weighted by molar-refractivity contribution is -0.141. The Hall–Kier alpha value is -0.320. The monoisotopic (exact) mass is 262 g/mol. The Morgan fingerprint density at radius 3 is 2.65 bits per heavy atom. The SMILES string of the molecule is COC(C)C(=O)N(CC1CCCN1)C1CC1.Cl. The molecule has 1 aliphatic heterocycles. The molecule has 2 rings (SSSR count). The highest BCUT2D eigenvalue weighted by Gasteiger charge is 2.36. The van der Waals surface area contributed by atoms with E-state index in [0.717, 1.165) is 25.9 Å². The fourth-order valence-corrected chi connectivity index (χ4v) is 2.29. The van der Waals surface area contributed by atoms with Crippen LogP contribution in [0.25, 0.3) is 0 Å². The minimum absolute atomic E-state index is 0. The molecule has 0 bridgehead atoms. The standard InChI is InChI=1S/C12H22N2O2.ClH/c1-9(16-2)12(15)14(11-5-6-11)8-10-4-3-7-13-10;/h9-11,13H,3-8H2,1-2H3;1H. The van der Waals surface area contributed by atoms with E-state index >= 15 is 0 Å². The molecule has 1 amide bonds. The first-order valence-electron chi connectivity index (χ1n) is 6.29. The van der Waals surface area contributed by atoms with Gasteiger partial charge in [0.25, 0.3) is 5.91 Å². The van der Waals surface area contributed by atoms with Crippen LogP contribution in [0.1, 0.15) is 32.6 Å². The van der Waals surface area contributed by atoms with E-state index in [2.05, 4.69) is 5.32 Å². The highest BCUT2D eigenvalue weighted by Crippen LogP contribution is 2.28. The molecule has 1 heterocycles. The summed E-state index contributed by atoms with van der Waals surface area (Å²) in [5.41, 5.74) is 0. The summed E-state index contributed by atoms with van der Waals surface area (Å²) in [5.74, 6) is 0.152. The van der Waals surface area contributed by atoms with Crippen LogP contribution in [-0.4, -0.2) is 49.2 Å². The lowest BCUT2D eigenvalue weighted by Crippen LogP contribution is -2.46. The third-order valence-corrected chi connectivity index (χ3v) is 3.55. The number of hydrogen-bond donors (Lipinski definition) is 1. The number of ether oxygens (including phenoxy) is 1. The number of rotatable bonds is 5. The average Bonchev–Trinajstić information content (AvgIpc) is 3.01. The van der Waals surface area contributed by atoms with Gasteiger partial charge in [-0.3, -0.25) is 4.79 Å². The zero-order valence-corrected chi connectivity index (χ0v) is 11.5. The molecule has 0 radical (unpaired) electrons. The number of methoxy groups -OCH3 is 1. The number of carbonyl (C=O) groups is 1. The van der Waals surface area contributed by atoms with Crippen molar-refractivity contribution < 1.29 is 9.53 Å². The van der Waals surface area contributed by atoms with Gasteiger partial charge in [-0.05, 0) is 39.2 Å². The molecule has 0 aromatic rings. The molecule has 4 nitrogen and oxygen atoms in total. The van der Waals surface area contributed by atoms with Crippen LogP contribution in [0.4, 0.5) is 0 Å². The molecule has 1 saturated heterocycles. The van der Waals surface area contributed by atoms with E-state index < -0.39 is 0 Å². The van der Waals surface area contributed by atoms with Crippen molar-refractivity contribution in [2.24, 2.45) is 0 Å². The fourth-order valence-electron chi connectivity index (χ4n) is 2.29. The van der Waals surface area contributed by atoms with Gasteiger partial charge >= 0.3 is 0 Å². The number of nitrogens with zero attached hydrogens (tertiary/aromatic N) is 1. The third kappa shape index (κ3) is 3.83. The Bertz CT molecular complexity index is 253. The third-order valence-electron chi connectivity index (χ3n) is 3.55. The van der Waals surface area contributed by atoms with Crippen molar-refractivity contribution in [3.05, 3.63) is 0 Å². The fraction of sp³-hybridized carbons (Fsp3) is 0.917. The van der Waals surface area contributed by atoms with Crippen LogP contribution in [0.2, 0.25) is 0 Å². The molecule has 100 valence electrons. The van der Waals surface area contributed by atoms with Gasteiger partial charge in [-0.1, -0.05) is 0 Å². The Balaban J connectivity index is 0.00000144. The Labute approximate surface area is 109 Å². The molecule has 1 N–H and O–H groups in total. The minimum atomic E-state index is -0.304. The molecular formula is C12H23ClN2O2. The van der Waals surface area contributed by atoms with E-state index in [1.165, 1.54) is 12.8 Å². The molecule has 1 aliphatic carbocycles. The van der Waals surface area contributed by atoms with E-state index in [1.54, 1.807) is 7.11 Å². The summed E-state index contributed by atoms with van der Waals surface area (Å²) in [6.45, 7) is 3.79. The summed E-state index contributed by atoms with van der Waals surface area (Å²) in [4.78, 5) is 14.1. The molecule has 17 heavy (non-hydrogen) atoms.